The van der Waals surface area contributed by atoms with E-state index in [1.807, 2.05) is 36.4 Å². The Kier molecular flexibility index (Phi) is 5.19. The Balaban J connectivity index is 1.49. The second-order valence-corrected chi connectivity index (χ2v) is 6.71. The zero-order valence-electron chi connectivity index (χ0n) is 15.4. The highest BCUT2D eigenvalue weighted by Gasteiger charge is 2.14. The number of anilines is 3. The summed E-state index contributed by atoms with van der Waals surface area (Å²) in [6.07, 6.45) is 2.39. The molecule has 2 heterocycles. The summed E-state index contributed by atoms with van der Waals surface area (Å²) in [4.78, 5) is 19.3. The molecule has 1 saturated heterocycles. The topological polar surface area (TPSA) is 57.3 Å². The second-order valence-electron chi connectivity index (χ2n) is 6.71. The van der Waals surface area contributed by atoms with Gasteiger partial charge in [0.1, 0.15) is 11.6 Å². The molecule has 142 valence electrons. The van der Waals surface area contributed by atoms with Crippen molar-refractivity contribution in [2.45, 2.75) is 12.8 Å². The number of benzene rings is 2. The Bertz CT molecular complexity index is 986. The summed E-state index contributed by atoms with van der Waals surface area (Å²) >= 11 is 0. The second kappa shape index (κ2) is 8.08. The van der Waals surface area contributed by atoms with Gasteiger partial charge in [-0.3, -0.25) is 0 Å². The highest BCUT2D eigenvalue weighted by atomic mass is 19.1. The fourth-order valence-electron chi connectivity index (χ4n) is 3.31. The number of nitrogens with one attached hydrogen (secondary N) is 2. The zero-order valence-corrected chi connectivity index (χ0v) is 15.4. The van der Waals surface area contributed by atoms with Crippen molar-refractivity contribution < 1.29 is 9.18 Å². The first-order chi connectivity index (χ1) is 13.7. The first kappa shape index (κ1) is 18.0. The molecule has 0 aliphatic carbocycles. The largest absolute Gasteiger partial charge is 0.357 e. The van der Waals surface area contributed by atoms with Crippen LogP contribution in [0, 0.1) is 5.82 Å². The van der Waals surface area contributed by atoms with Crippen molar-refractivity contribution in [1.29, 1.82) is 0 Å². The summed E-state index contributed by atoms with van der Waals surface area (Å²) in [7, 11) is 0. The van der Waals surface area contributed by atoms with E-state index in [2.05, 4.69) is 15.5 Å². The zero-order chi connectivity index (χ0) is 19.3. The number of rotatable bonds is 4. The molecule has 2 N–H and O–H groups in total. The molecular weight excluding hydrogens is 355 g/mol. The molecule has 2 aromatic carbocycles. The molecule has 0 spiro atoms. The summed E-state index contributed by atoms with van der Waals surface area (Å²) in [6.45, 7) is 2.07. The van der Waals surface area contributed by atoms with Crippen LogP contribution in [-0.2, 0) is 0 Å². The van der Waals surface area contributed by atoms with Gasteiger partial charge < -0.3 is 15.5 Å². The van der Waals surface area contributed by atoms with Crippen molar-refractivity contribution in [1.82, 2.24) is 4.98 Å². The van der Waals surface area contributed by atoms with Gasteiger partial charge in [-0.1, -0.05) is 30.3 Å². The van der Waals surface area contributed by atoms with Crippen LogP contribution in [0.25, 0.3) is 11.3 Å². The smallest absolute Gasteiger partial charge is 0.323 e. The lowest BCUT2D eigenvalue weighted by atomic mass is 10.1. The van der Waals surface area contributed by atoms with Crippen molar-refractivity contribution >= 4 is 23.2 Å². The van der Waals surface area contributed by atoms with Crippen molar-refractivity contribution in [2.24, 2.45) is 0 Å². The predicted octanol–water partition coefficient (Wildman–Crippen LogP) is 5.13. The van der Waals surface area contributed by atoms with E-state index in [4.69, 9.17) is 4.98 Å². The highest BCUT2D eigenvalue weighted by molar-refractivity contribution is 6.00. The quantitative estimate of drug-likeness (QED) is 0.663. The third-order valence-corrected chi connectivity index (χ3v) is 4.70. The average Bonchev–Trinajstić information content (AvgIpc) is 3.25. The van der Waals surface area contributed by atoms with Gasteiger partial charge in [-0.05, 0) is 49.2 Å². The van der Waals surface area contributed by atoms with E-state index in [1.54, 1.807) is 18.2 Å². The lowest BCUT2D eigenvalue weighted by Gasteiger charge is -2.17. The van der Waals surface area contributed by atoms with E-state index >= 15 is 0 Å². The maximum absolute atomic E-state index is 13.7. The number of aromatic nitrogens is 1. The van der Waals surface area contributed by atoms with E-state index < -0.39 is 11.8 Å². The van der Waals surface area contributed by atoms with E-state index in [-0.39, 0.29) is 5.69 Å². The molecule has 3 aromatic rings. The molecule has 0 radical (unpaired) electrons. The Morgan fingerprint density at radius 1 is 0.929 bits per heavy atom. The lowest BCUT2D eigenvalue weighted by molar-refractivity contribution is 0.262. The number of carbonyl (C=O) groups is 1. The first-order valence-electron chi connectivity index (χ1n) is 9.34. The van der Waals surface area contributed by atoms with Gasteiger partial charge in [-0.25, -0.2) is 14.2 Å². The maximum Gasteiger partial charge on any atom is 0.323 e. The maximum atomic E-state index is 13.7. The van der Waals surface area contributed by atoms with Gasteiger partial charge in [0.15, 0.2) is 0 Å². The van der Waals surface area contributed by atoms with Crippen molar-refractivity contribution in [3.63, 3.8) is 0 Å². The van der Waals surface area contributed by atoms with Crippen molar-refractivity contribution in [3.05, 3.63) is 72.5 Å². The molecule has 0 bridgehead atoms. The number of para-hydroxylation sites is 1. The number of nitrogens with zero attached hydrogens (tertiary/aromatic N) is 2. The Morgan fingerprint density at radius 2 is 1.71 bits per heavy atom. The molecule has 0 saturated carbocycles. The van der Waals surface area contributed by atoms with Gasteiger partial charge in [-0.2, -0.15) is 0 Å². The van der Waals surface area contributed by atoms with Gasteiger partial charge in [0.2, 0.25) is 0 Å². The molecule has 0 unspecified atom stereocenters. The van der Waals surface area contributed by atoms with Crippen LogP contribution in [0.4, 0.5) is 26.4 Å². The fourth-order valence-corrected chi connectivity index (χ4v) is 3.31. The molecule has 2 amide bonds. The van der Waals surface area contributed by atoms with Crippen molar-refractivity contribution in [3.8, 4) is 11.3 Å². The minimum absolute atomic E-state index is 0.135. The van der Waals surface area contributed by atoms with Crippen LogP contribution in [-0.4, -0.2) is 24.1 Å². The van der Waals surface area contributed by atoms with E-state index in [0.717, 1.165) is 30.2 Å². The number of pyridine rings is 1. The number of halogens is 1. The number of amides is 2. The fraction of sp³-hybridized carbons (Fsp3) is 0.182. The van der Waals surface area contributed by atoms with Crippen LogP contribution in [0.2, 0.25) is 0 Å². The number of hydrogen-bond donors (Lipinski definition) is 2. The minimum atomic E-state index is -0.499. The summed E-state index contributed by atoms with van der Waals surface area (Å²) in [5, 5.41) is 5.26. The number of hydrogen-bond acceptors (Lipinski definition) is 3. The normalized spacial score (nSPS) is 13.4. The van der Waals surface area contributed by atoms with Crippen LogP contribution in [0.15, 0.2) is 66.7 Å². The van der Waals surface area contributed by atoms with Gasteiger partial charge in [-0.15, -0.1) is 0 Å². The van der Waals surface area contributed by atoms with Gasteiger partial charge >= 0.3 is 6.03 Å². The monoisotopic (exact) mass is 376 g/mol. The third-order valence-electron chi connectivity index (χ3n) is 4.70. The summed E-state index contributed by atoms with van der Waals surface area (Å²) in [5.74, 6) is 0.500. The van der Waals surface area contributed by atoms with Gasteiger partial charge in [0, 0.05) is 24.3 Å². The van der Waals surface area contributed by atoms with Crippen LogP contribution in [0.5, 0.6) is 0 Å². The minimum Gasteiger partial charge on any atom is -0.357 e. The van der Waals surface area contributed by atoms with Gasteiger partial charge in [0.25, 0.3) is 0 Å². The van der Waals surface area contributed by atoms with E-state index in [1.165, 1.54) is 25.0 Å². The highest BCUT2D eigenvalue weighted by Crippen LogP contribution is 2.25. The number of urea groups is 1. The molecule has 5 nitrogen and oxygen atoms in total. The molecule has 4 rings (SSSR count). The Morgan fingerprint density at radius 3 is 2.54 bits per heavy atom. The lowest BCUT2D eigenvalue weighted by Crippen LogP contribution is -2.20. The molecule has 1 aliphatic heterocycles. The van der Waals surface area contributed by atoms with Crippen molar-refractivity contribution in [2.75, 3.05) is 28.6 Å². The molecule has 28 heavy (non-hydrogen) atoms. The van der Waals surface area contributed by atoms with Crippen LogP contribution < -0.4 is 15.5 Å². The van der Waals surface area contributed by atoms with Gasteiger partial charge in [0.05, 0.1) is 11.4 Å². The summed E-state index contributed by atoms with van der Waals surface area (Å²) < 4.78 is 13.7. The molecule has 6 heteroatoms. The predicted molar refractivity (Wildman–Crippen MR) is 110 cm³/mol. The first-order valence-corrected chi connectivity index (χ1v) is 9.34. The molecule has 1 aliphatic rings. The van der Waals surface area contributed by atoms with Crippen LogP contribution >= 0.6 is 0 Å². The number of carbonyl (C=O) groups excluding carboxylic acids is 1. The SMILES string of the molecule is O=C(Nc1cccc(-c2cccc(N3CCCC3)n2)c1)Nc1ccccc1F. The van der Waals surface area contributed by atoms with E-state index in [0.29, 0.717) is 5.69 Å². The molecule has 1 aromatic heterocycles. The molecule has 0 atom stereocenters. The summed E-state index contributed by atoms with van der Waals surface area (Å²) in [6, 6.07) is 19.0. The molecular formula is C22H21FN4O. The average molecular weight is 376 g/mol. The Hall–Kier alpha value is -3.41. The Labute approximate surface area is 163 Å². The summed E-state index contributed by atoms with van der Waals surface area (Å²) in [5.41, 5.74) is 2.50. The van der Waals surface area contributed by atoms with E-state index in [9.17, 15) is 9.18 Å². The van der Waals surface area contributed by atoms with Crippen LogP contribution in [0.1, 0.15) is 12.8 Å². The third kappa shape index (κ3) is 4.11. The molecule has 1 fully saturated rings. The van der Waals surface area contributed by atoms with Crippen LogP contribution in [0.3, 0.4) is 0 Å². The standard InChI is InChI=1S/C22H21FN4O/c23-18-9-1-2-10-20(18)26-22(28)24-17-8-5-7-16(15-17)19-11-6-12-21(25-19)27-13-3-4-14-27/h1-2,5-12,15H,3-4,13-14H2,(H2,24,26,28).